The third kappa shape index (κ3) is 4.91. The number of ether oxygens (including phenoxy) is 1. The molecule has 0 heterocycles. The number of anilines is 1. The molecule has 7 nitrogen and oxygen atoms in total. The lowest BCUT2D eigenvalue weighted by molar-refractivity contribution is -0.385. The molecule has 0 saturated carbocycles. The summed E-state index contributed by atoms with van der Waals surface area (Å²) in [6, 6.07) is 2.15. The molecule has 0 fully saturated rings. The molecule has 0 aliphatic heterocycles. The number of nitro benzene ring substituents is 1. The third-order valence-corrected chi connectivity index (χ3v) is 3.35. The van der Waals surface area contributed by atoms with Gasteiger partial charge in [-0.15, -0.1) is 0 Å². The van der Waals surface area contributed by atoms with Crippen LogP contribution in [-0.2, 0) is 0 Å². The minimum absolute atomic E-state index is 0.0865. The number of hydrogen-bond donors (Lipinski definition) is 2. The molecule has 1 aromatic rings. The molecule has 0 saturated heterocycles. The second kappa shape index (κ2) is 8.21. The maximum atomic E-state index is 11.0. The van der Waals surface area contributed by atoms with E-state index in [1.807, 2.05) is 6.92 Å². The monoisotopic (exact) mass is 310 g/mol. The third-order valence-electron chi connectivity index (χ3n) is 3.35. The zero-order valence-corrected chi connectivity index (χ0v) is 12.9. The number of benzene rings is 1. The molecular formula is C15H22N2O5. The van der Waals surface area contributed by atoms with Gasteiger partial charge in [-0.2, -0.15) is 0 Å². The maximum Gasteiger partial charge on any atom is 0.342 e. The number of carboxylic acids is 1. The molecule has 0 radical (unpaired) electrons. The van der Waals surface area contributed by atoms with Crippen molar-refractivity contribution >= 4 is 17.3 Å². The average Bonchev–Trinajstić information content (AvgIpc) is 2.45. The summed E-state index contributed by atoms with van der Waals surface area (Å²) in [7, 11) is 0. The Kier molecular flexibility index (Phi) is 6.62. The van der Waals surface area contributed by atoms with Gasteiger partial charge in [-0.3, -0.25) is 10.1 Å². The van der Waals surface area contributed by atoms with E-state index < -0.39 is 22.1 Å². The Balaban J connectivity index is 2.84. The molecule has 22 heavy (non-hydrogen) atoms. The van der Waals surface area contributed by atoms with Crippen molar-refractivity contribution in [1.82, 2.24) is 0 Å². The summed E-state index contributed by atoms with van der Waals surface area (Å²) in [6.45, 7) is 3.99. The minimum Gasteiger partial charge on any atom is -0.488 e. The highest BCUT2D eigenvalue weighted by Crippen LogP contribution is 2.32. The minimum atomic E-state index is -1.39. The van der Waals surface area contributed by atoms with E-state index in [9.17, 15) is 14.9 Å². The van der Waals surface area contributed by atoms with Crippen LogP contribution in [0.3, 0.4) is 0 Å². The Labute approximate surface area is 129 Å². The average molecular weight is 310 g/mol. The second-order valence-corrected chi connectivity index (χ2v) is 5.25. The molecule has 3 N–H and O–H groups in total. The number of nitro groups is 1. The first-order valence-electron chi connectivity index (χ1n) is 7.34. The summed E-state index contributed by atoms with van der Waals surface area (Å²) in [5.74, 6) is -1.24. The van der Waals surface area contributed by atoms with E-state index in [-0.39, 0.29) is 17.5 Å². The van der Waals surface area contributed by atoms with Gasteiger partial charge in [0.15, 0.2) is 0 Å². The van der Waals surface area contributed by atoms with Gasteiger partial charge >= 0.3 is 5.97 Å². The molecule has 0 bridgehead atoms. The van der Waals surface area contributed by atoms with Gasteiger partial charge in [0.1, 0.15) is 11.3 Å². The summed E-state index contributed by atoms with van der Waals surface area (Å²) in [6.07, 6.45) is 5.09. The molecule has 0 unspecified atom stereocenters. The van der Waals surface area contributed by atoms with Gasteiger partial charge in [0.05, 0.1) is 22.8 Å². The summed E-state index contributed by atoms with van der Waals surface area (Å²) >= 11 is 0. The van der Waals surface area contributed by atoms with E-state index in [0.717, 1.165) is 44.2 Å². The summed E-state index contributed by atoms with van der Waals surface area (Å²) in [4.78, 5) is 21.2. The number of nitrogens with two attached hydrogens (primary N) is 1. The fraction of sp³-hybridized carbons (Fsp3) is 0.533. The van der Waals surface area contributed by atoms with Crippen LogP contribution in [0.1, 0.15) is 56.3 Å². The van der Waals surface area contributed by atoms with Gasteiger partial charge in [0.2, 0.25) is 0 Å². The molecule has 0 aliphatic carbocycles. The standard InChI is InChI=1S/C15H22N2O5/c1-3-4-5-6-7-10(2)22-14-9-13(17(20)21)11(15(18)19)8-12(14)16/h8-10H,3-7,16H2,1-2H3,(H,18,19)/t10-/m1/s1. The smallest absolute Gasteiger partial charge is 0.342 e. The fourth-order valence-electron chi connectivity index (χ4n) is 2.14. The Morgan fingerprint density at radius 2 is 2.09 bits per heavy atom. The Morgan fingerprint density at radius 1 is 1.41 bits per heavy atom. The molecule has 1 aromatic carbocycles. The highest BCUT2D eigenvalue weighted by atomic mass is 16.6. The summed E-state index contributed by atoms with van der Waals surface area (Å²) in [5, 5.41) is 19.9. The highest BCUT2D eigenvalue weighted by Gasteiger charge is 2.23. The number of carbonyl (C=O) groups is 1. The zero-order chi connectivity index (χ0) is 16.7. The Hall–Kier alpha value is -2.31. The van der Waals surface area contributed by atoms with Gasteiger partial charge in [-0.25, -0.2) is 4.79 Å². The molecule has 1 atom stereocenters. The van der Waals surface area contributed by atoms with Crippen LogP contribution in [-0.4, -0.2) is 22.1 Å². The Bertz CT molecular complexity index is 545. The normalized spacial score (nSPS) is 11.9. The lowest BCUT2D eigenvalue weighted by Crippen LogP contribution is -2.14. The molecular weight excluding hydrogens is 288 g/mol. The van der Waals surface area contributed by atoms with Crippen molar-refractivity contribution in [3.05, 3.63) is 27.8 Å². The van der Waals surface area contributed by atoms with Crippen LogP contribution in [0.2, 0.25) is 0 Å². The zero-order valence-electron chi connectivity index (χ0n) is 12.9. The molecule has 0 aliphatic rings. The van der Waals surface area contributed by atoms with E-state index >= 15 is 0 Å². The molecule has 0 spiro atoms. The van der Waals surface area contributed by atoms with Gasteiger partial charge in [-0.05, 0) is 25.8 Å². The van der Waals surface area contributed by atoms with Crippen molar-refractivity contribution in [2.45, 2.75) is 52.1 Å². The highest BCUT2D eigenvalue weighted by molar-refractivity contribution is 5.94. The van der Waals surface area contributed by atoms with Crippen molar-refractivity contribution in [2.75, 3.05) is 5.73 Å². The number of unbranched alkanes of at least 4 members (excludes halogenated alkanes) is 3. The van der Waals surface area contributed by atoms with Gasteiger partial charge in [-0.1, -0.05) is 26.2 Å². The van der Waals surface area contributed by atoms with Gasteiger partial charge in [0.25, 0.3) is 5.69 Å². The van der Waals surface area contributed by atoms with Crippen molar-refractivity contribution in [3.8, 4) is 5.75 Å². The van der Waals surface area contributed by atoms with Crippen LogP contribution in [0, 0.1) is 10.1 Å². The number of nitrogen functional groups attached to an aromatic ring is 1. The van der Waals surface area contributed by atoms with Crippen LogP contribution >= 0.6 is 0 Å². The maximum absolute atomic E-state index is 11.0. The SMILES string of the molecule is CCCCCC[C@@H](C)Oc1cc([N+](=O)[O-])c(C(=O)O)cc1N. The molecule has 7 heteroatoms. The second-order valence-electron chi connectivity index (χ2n) is 5.25. The number of aromatic carboxylic acids is 1. The van der Waals surface area contributed by atoms with E-state index in [1.54, 1.807) is 0 Å². The van der Waals surface area contributed by atoms with E-state index in [4.69, 9.17) is 15.6 Å². The van der Waals surface area contributed by atoms with Crippen LogP contribution < -0.4 is 10.5 Å². The Morgan fingerprint density at radius 3 is 2.64 bits per heavy atom. The van der Waals surface area contributed by atoms with Crippen molar-refractivity contribution < 1.29 is 19.6 Å². The number of rotatable bonds is 9. The predicted molar refractivity (Wildman–Crippen MR) is 83.3 cm³/mol. The predicted octanol–water partition coefficient (Wildman–Crippen LogP) is 3.61. The summed E-state index contributed by atoms with van der Waals surface area (Å²) in [5.41, 5.74) is 4.87. The number of nitrogens with zero attached hydrogens (tertiary/aromatic N) is 1. The van der Waals surface area contributed by atoms with E-state index in [0.29, 0.717) is 0 Å². The number of hydrogen-bond acceptors (Lipinski definition) is 5. The van der Waals surface area contributed by atoms with Crippen LogP contribution in [0.25, 0.3) is 0 Å². The van der Waals surface area contributed by atoms with Crippen molar-refractivity contribution in [2.24, 2.45) is 0 Å². The largest absolute Gasteiger partial charge is 0.488 e. The topological polar surface area (TPSA) is 116 Å². The molecule has 0 amide bonds. The number of carboxylic acid groups (broad SMARTS) is 1. The molecule has 122 valence electrons. The molecule has 1 rings (SSSR count). The van der Waals surface area contributed by atoms with E-state index in [2.05, 4.69) is 6.92 Å². The summed E-state index contributed by atoms with van der Waals surface area (Å²) < 4.78 is 5.63. The fourth-order valence-corrected chi connectivity index (χ4v) is 2.14. The lowest BCUT2D eigenvalue weighted by Gasteiger charge is -2.16. The lowest BCUT2D eigenvalue weighted by atomic mass is 10.1. The van der Waals surface area contributed by atoms with Crippen LogP contribution in [0.15, 0.2) is 12.1 Å². The van der Waals surface area contributed by atoms with Crippen molar-refractivity contribution in [3.63, 3.8) is 0 Å². The van der Waals surface area contributed by atoms with Gasteiger partial charge < -0.3 is 15.6 Å². The van der Waals surface area contributed by atoms with Crippen LogP contribution in [0.4, 0.5) is 11.4 Å². The quantitative estimate of drug-likeness (QED) is 0.311. The first-order chi connectivity index (χ1) is 10.4. The first-order valence-corrected chi connectivity index (χ1v) is 7.34. The first kappa shape index (κ1) is 17.7. The molecule has 0 aromatic heterocycles. The van der Waals surface area contributed by atoms with Crippen LogP contribution in [0.5, 0.6) is 5.75 Å². The van der Waals surface area contributed by atoms with Crippen molar-refractivity contribution in [1.29, 1.82) is 0 Å². The van der Waals surface area contributed by atoms with Gasteiger partial charge in [0, 0.05) is 0 Å². The van der Waals surface area contributed by atoms with E-state index in [1.165, 1.54) is 0 Å².